The highest BCUT2D eigenvalue weighted by atomic mass is 15.2. The second-order valence-corrected chi connectivity index (χ2v) is 4.36. The lowest BCUT2D eigenvalue weighted by Gasteiger charge is -2.15. The van der Waals surface area contributed by atoms with Crippen LogP contribution in [0.4, 0.5) is 0 Å². The topological polar surface area (TPSA) is 32.5 Å². The Morgan fingerprint density at radius 2 is 2.15 bits per heavy atom. The van der Waals surface area contributed by atoms with Crippen LogP contribution in [0.1, 0.15) is 19.3 Å². The summed E-state index contributed by atoms with van der Waals surface area (Å²) in [6.45, 7) is 4.77. The van der Waals surface area contributed by atoms with Crippen LogP contribution < -0.4 is 5.73 Å². The zero-order chi connectivity index (χ0) is 9.68. The summed E-state index contributed by atoms with van der Waals surface area (Å²) < 4.78 is 0. The third-order valence-corrected chi connectivity index (χ3v) is 2.64. The van der Waals surface area contributed by atoms with E-state index in [1.807, 2.05) is 0 Å². The van der Waals surface area contributed by atoms with Gasteiger partial charge in [-0.25, -0.2) is 0 Å². The molecule has 1 saturated heterocycles. The van der Waals surface area contributed by atoms with E-state index in [4.69, 9.17) is 5.73 Å². The van der Waals surface area contributed by atoms with Crippen molar-refractivity contribution in [3.63, 3.8) is 0 Å². The van der Waals surface area contributed by atoms with Crippen LogP contribution in [0.2, 0.25) is 0 Å². The first kappa shape index (κ1) is 11.0. The van der Waals surface area contributed by atoms with Crippen molar-refractivity contribution in [3.05, 3.63) is 0 Å². The monoisotopic (exact) mass is 185 g/mol. The van der Waals surface area contributed by atoms with E-state index in [-0.39, 0.29) is 0 Å². The minimum absolute atomic E-state index is 0.439. The molecule has 78 valence electrons. The highest BCUT2D eigenvalue weighted by Crippen LogP contribution is 2.07. The molecule has 1 heterocycles. The average Bonchev–Trinajstić information content (AvgIpc) is 2.45. The van der Waals surface area contributed by atoms with Gasteiger partial charge in [-0.1, -0.05) is 0 Å². The van der Waals surface area contributed by atoms with E-state index in [1.165, 1.54) is 38.9 Å². The van der Waals surface area contributed by atoms with Crippen molar-refractivity contribution < 1.29 is 0 Å². The standard InChI is InChI=1S/C10H23N3/c1-12(2)6-3-4-7-13-8-5-10(11)9-13/h10H,3-9,11H2,1-2H3. The van der Waals surface area contributed by atoms with Crippen molar-refractivity contribution in [1.29, 1.82) is 0 Å². The number of nitrogens with zero attached hydrogens (tertiary/aromatic N) is 2. The van der Waals surface area contributed by atoms with Crippen molar-refractivity contribution in [2.24, 2.45) is 5.73 Å². The van der Waals surface area contributed by atoms with E-state index < -0.39 is 0 Å². The normalized spacial score (nSPS) is 24.5. The molecule has 0 saturated carbocycles. The molecule has 1 rings (SSSR count). The van der Waals surface area contributed by atoms with Crippen LogP contribution in [-0.4, -0.2) is 56.1 Å². The zero-order valence-electron chi connectivity index (χ0n) is 9.00. The molecular weight excluding hydrogens is 162 g/mol. The smallest absolute Gasteiger partial charge is 0.0180 e. The lowest BCUT2D eigenvalue weighted by atomic mass is 10.3. The second kappa shape index (κ2) is 5.58. The number of likely N-dealkylation sites (tertiary alicyclic amines) is 1. The highest BCUT2D eigenvalue weighted by Gasteiger charge is 2.17. The lowest BCUT2D eigenvalue weighted by molar-refractivity contribution is 0.311. The van der Waals surface area contributed by atoms with Gasteiger partial charge < -0.3 is 15.5 Å². The predicted octanol–water partition coefficient (Wildman–Crippen LogP) is 0.361. The van der Waals surface area contributed by atoms with Crippen LogP contribution in [0.3, 0.4) is 0 Å². The molecule has 0 aromatic carbocycles. The first-order chi connectivity index (χ1) is 6.18. The molecule has 0 aromatic heterocycles. The van der Waals surface area contributed by atoms with Gasteiger partial charge in [0.25, 0.3) is 0 Å². The quantitative estimate of drug-likeness (QED) is 0.628. The molecule has 0 amide bonds. The molecule has 1 fully saturated rings. The zero-order valence-corrected chi connectivity index (χ0v) is 9.00. The van der Waals surface area contributed by atoms with Crippen molar-refractivity contribution in [1.82, 2.24) is 9.80 Å². The largest absolute Gasteiger partial charge is 0.326 e. The van der Waals surface area contributed by atoms with Crippen molar-refractivity contribution in [2.75, 3.05) is 40.3 Å². The lowest BCUT2D eigenvalue weighted by Crippen LogP contribution is -2.27. The molecule has 1 aliphatic rings. The van der Waals surface area contributed by atoms with Crippen molar-refractivity contribution in [2.45, 2.75) is 25.3 Å². The number of hydrogen-bond donors (Lipinski definition) is 1. The maximum atomic E-state index is 5.83. The van der Waals surface area contributed by atoms with Gasteiger partial charge in [-0.3, -0.25) is 0 Å². The number of hydrogen-bond acceptors (Lipinski definition) is 3. The predicted molar refractivity (Wildman–Crippen MR) is 56.8 cm³/mol. The van der Waals surface area contributed by atoms with Crippen LogP contribution in [-0.2, 0) is 0 Å². The van der Waals surface area contributed by atoms with E-state index in [2.05, 4.69) is 23.9 Å². The molecule has 0 radical (unpaired) electrons. The molecular formula is C10H23N3. The molecule has 0 spiro atoms. The Hall–Kier alpha value is -0.120. The Kier molecular flexibility index (Phi) is 4.70. The maximum Gasteiger partial charge on any atom is 0.0180 e. The molecule has 3 heteroatoms. The van der Waals surface area contributed by atoms with Gasteiger partial charge in [0, 0.05) is 12.6 Å². The second-order valence-electron chi connectivity index (χ2n) is 4.36. The van der Waals surface area contributed by atoms with Crippen LogP contribution in [0, 0.1) is 0 Å². The summed E-state index contributed by atoms with van der Waals surface area (Å²) >= 11 is 0. The summed E-state index contributed by atoms with van der Waals surface area (Å²) in [4.78, 5) is 4.73. The Morgan fingerprint density at radius 1 is 1.38 bits per heavy atom. The van der Waals surface area contributed by atoms with E-state index in [9.17, 15) is 0 Å². The van der Waals surface area contributed by atoms with Gasteiger partial charge in [-0.2, -0.15) is 0 Å². The van der Waals surface area contributed by atoms with E-state index in [0.717, 1.165) is 6.54 Å². The molecule has 0 bridgehead atoms. The molecule has 0 aromatic rings. The summed E-state index contributed by atoms with van der Waals surface area (Å²) in [6.07, 6.45) is 3.80. The SMILES string of the molecule is CN(C)CCCCN1CCC(N)C1. The minimum Gasteiger partial charge on any atom is -0.326 e. The fourth-order valence-electron chi connectivity index (χ4n) is 1.83. The highest BCUT2D eigenvalue weighted by molar-refractivity contribution is 4.77. The first-order valence-corrected chi connectivity index (χ1v) is 5.31. The molecule has 1 unspecified atom stereocenters. The Morgan fingerprint density at radius 3 is 2.69 bits per heavy atom. The maximum absolute atomic E-state index is 5.83. The van der Waals surface area contributed by atoms with E-state index >= 15 is 0 Å². The fraction of sp³-hybridized carbons (Fsp3) is 1.00. The van der Waals surface area contributed by atoms with Gasteiger partial charge in [0.1, 0.15) is 0 Å². The third-order valence-electron chi connectivity index (χ3n) is 2.64. The average molecular weight is 185 g/mol. The van der Waals surface area contributed by atoms with Gasteiger partial charge in [0.15, 0.2) is 0 Å². The minimum atomic E-state index is 0.439. The summed E-state index contributed by atoms with van der Waals surface area (Å²) in [5.74, 6) is 0. The number of nitrogens with two attached hydrogens (primary N) is 1. The molecule has 1 atom stereocenters. The third kappa shape index (κ3) is 4.60. The van der Waals surface area contributed by atoms with Gasteiger partial charge in [-0.15, -0.1) is 0 Å². The number of rotatable bonds is 5. The molecule has 0 aliphatic carbocycles. The van der Waals surface area contributed by atoms with Gasteiger partial charge in [-0.05, 0) is 53.0 Å². The molecule has 13 heavy (non-hydrogen) atoms. The first-order valence-electron chi connectivity index (χ1n) is 5.31. The van der Waals surface area contributed by atoms with Crippen molar-refractivity contribution >= 4 is 0 Å². The van der Waals surface area contributed by atoms with Gasteiger partial charge in [0.05, 0.1) is 0 Å². The molecule has 3 nitrogen and oxygen atoms in total. The summed E-state index contributed by atoms with van der Waals surface area (Å²) in [7, 11) is 4.26. The van der Waals surface area contributed by atoms with Crippen molar-refractivity contribution in [3.8, 4) is 0 Å². The summed E-state index contributed by atoms with van der Waals surface area (Å²) in [5, 5.41) is 0. The van der Waals surface area contributed by atoms with Crippen LogP contribution in [0.5, 0.6) is 0 Å². The summed E-state index contributed by atoms with van der Waals surface area (Å²) in [5.41, 5.74) is 5.83. The van der Waals surface area contributed by atoms with Gasteiger partial charge >= 0.3 is 0 Å². The fourth-order valence-corrected chi connectivity index (χ4v) is 1.83. The van der Waals surface area contributed by atoms with E-state index in [0.29, 0.717) is 6.04 Å². The van der Waals surface area contributed by atoms with E-state index in [1.54, 1.807) is 0 Å². The van der Waals surface area contributed by atoms with Crippen LogP contribution >= 0.6 is 0 Å². The molecule has 2 N–H and O–H groups in total. The van der Waals surface area contributed by atoms with Crippen LogP contribution in [0.15, 0.2) is 0 Å². The Bertz CT molecular complexity index is 136. The number of unbranched alkanes of at least 4 members (excludes halogenated alkanes) is 1. The Labute approximate surface area is 81.9 Å². The van der Waals surface area contributed by atoms with Gasteiger partial charge in [0.2, 0.25) is 0 Å². The summed E-state index contributed by atoms with van der Waals surface area (Å²) in [6, 6.07) is 0.439. The molecule has 1 aliphatic heterocycles. The van der Waals surface area contributed by atoms with Crippen LogP contribution in [0.25, 0.3) is 0 Å². The Balaban J connectivity index is 1.94.